The summed E-state index contributed by atoms with van der Waals surface area (Å²) in [6.45, 7) is 4.58. The maximum Gasteiger partial charge on any atom is 0.252 e. The minimum Gasteiger partial charge on any atom is -0.493 e. The molecular formula is C30H33Cl2NO5. The summed E-state index contributed by atoms with van der Waals surface area (Å²) in [5.41, 5.74) is 2.78. The number of carbonyl (C=O) groups excluding carboxylic acids is 1. The summed E-state index contributed by atoms with van der Waals surface area (Å²) in [5.74, 6) is 1.23. The van der Waals surface area contributed by atoms with Crippen molar-refractivity contribution in [1.29, 1.82) is 0 Å². The number of morpholine rings is 1. The van der Waals surface area contributed by atoms with Gasteiger partial charge in [0.05, 0.1) is 39.5 Å². The maximum absolute atomic E-state index is 13.7. The van der Waals surface area contributed by atoms with Gasteiger partial charge in [-0.15, -0.1) is 0 Å². The number of halogens is 2. The fourth-order valence-electron chi connectivity index (χ4n) is 4.87. The van der Waals surface area contributed by atoms with Gasteiger partial charge in [-0.05, 0) is 66.4 Å². The first-order chi connectivity index (χ1) is 18.4. The Hall–Kier alpha value is -2.77. The SMILES string of the molecule is CCC(COCc1ccc(OC)c(OC)c1)N1C(=O)[C@@H](C)OC(c2cccc(Cl)c2)C1c1ccc(Cl)cc1. The molecule has 0 radical (unpaired) electrons. The highest BCUT2D eigenvalue weighted by atomic mass is 35.5. The average Bonchev–Trinajstić information content (AvgIpc) is 2.93. The highest BCUT2D eigenvalue weighted by molar-refractivity contribution is 6.30. The number of hydrogen-bond acceptors (Lipinski definition) is 5. The quantitative estimate of drug-likeness (QED) is 0.267. The van der Waals surface area contributed by atoms with Crippen LogP contribution in [-0.4, -0.2) is 43.8 Å². The molecule has 3 aromatic rings. The molecule has 1 fully saturated rings. The van der Waals surface area contributed by atoms with Crippen LogP contribution < -0.4 is 9.47 Å². The van der Waals surface area contributed by atoms with E-state index in [0.717, 1.165) is 16.7 Å². The average molecular weight is 559 g/mol. The molecule has 0 aromatic heterocycles. The van der Waals surface area contributed by atoms with Crippen molar-refractivity contribution in [2.75, 3.05) is 20.8 Å². The second kappa shape index (κ2) is 12.9. The molecule has 1 aliphatic rings. The third-order valence-corrected chi connectivity index (χ3v) is 7.31. The van der Waals surface area contributed by atoms with E-state index in [9.17, 15) is 4.79 Å². The smallest absolute Gasteiger partial charge is 0.252 e. The Labute approximate surface area is 234 Å². The largest absolute Gasteiger partial charge is 0.493 e. The highest BCUT2D eigenvalue weighted by Crippen LogP contribution is 2.44. The molecule has 1 heterocycles. The number of rotatable bonds is 10. The van der Waals surface area contributed by atoms with Gasteiger partial charge in [0.15, 0.2) is 11.5 Å². The lowest BCUT2D eigenvalue weighted by Crippen LogP contribution is -2.55. The predicted octanol–water partition coefficient (Wildman–Crippen LogP) is 7.04. The Bertz CT molecular complexity index is 1240. The Morgan fingerprint density at radius 2 is 1.66 bits per heavy atom. The monoisotopic (exact) mass is 557 g/mol. The standard InChI is InChI=1S/C30H33Cl2NO5/c1-5-25(18-37-17-20-9-14-26(35-3)27(15-20)36-4)33-28(21-10-12-23(31)13-11-21)29(38-19(2)30(33)34)22-7-6-8-24(32)16-22/h6-16,19,25,28-29H,5,17-18H2,1-4H3/t19-,25?,28?,29?/m1/s1. The fraction of sp³-hybridized carbons (Fsp3) is 0.367. The van der Waals surface area contributed by atoms with Crippen molar-refractivity contribution in [2.45, 2.75) is 51.2 Å². The van der Waals surface area contributed by atoms with Gasteiger partial charge < -0.3 is 23.8 Å². The molecule has 3 unspecified atom stereocenters. The van der Waals surface area contributed by atoms with Crippen molar-refractivity contribution in [3.8, 4) is 11.5 Å². The zero-order chi connectivity index (χ0) is 27.2. The zero-order valence-corrected chi connectivity index (χ0v) is 23.5. The zero-order valence-electron chi connectivity index (χ0n) is 22.0. The number of hydrogen-bond donors (Lipinski definition) is 0. The van der Waals surface area contributed by atoms with Crippen LogP contribution in [0.15, 0.2) is 66.7 Å². The van der Waals surface area contributed by atoms with Gasteiger partial charge in [0, 0.05) is 10.0 Å². The molecule has 1 saturated heterocycles. The molecule has 8 heteroatoms. The van der Waals surface area contributed by atoms with Crippen molar-refractivity contribution in [1.82, 2.24) is 4.90 Å². The second-order valence-electron chi connectivity index (χ2n) is 9.26. The molecule has 4 rings (SSSR count). The number of amides is 1. The molecule has 0 N–H and O–H groups in total. The number of methoxy groups -OCH3 is 2. The van der Waals surface area contributed by atoms with Gasteiger partial charge in [-0.1, -0.05) is 60.5 Å². The minimum atomic E-state index is -0.623. The van der Waals surface area contributed by atoms with E-state index < -0.39 is 12.2 Å². The van der Waals surface area contributed by atoms with E-state index in [1.54, 1.807) is 21.1 Å². The van der Waals surface area contributed by atoms with Crippen molar-refractivity contribution < 1.29 is 23.7 Å². The summed E-state index contributed by atoms with van der Waals surface area (Å²) < 4.78 is 23.2. The molecule has 38 heavy (non-hydrogen) atoms. The normalized spacial score (nSPS) is 20.3. The molecule has 0 bridgehead atoms. The van der Waals surface area contributed by atoms with Crippen molar-refractivity contribution >= 4 is 29.1 Å². The first kappa shape index (κ1) is 28.2. The summed E-state index contributed by atoms with van der Waals surface area (Å²) in [4.78, 5) is 15.6. The third kappa shape index (κ3) is 6.26. The number of nitrogens with zero attached hydrogens (tertiary/aromatic N) is 1. The van der Waals surface area contributed by atoms with Gasteiger partial charge in [-0.3, -0.25) is 4.79 Å². The lowest BCUT2D eigenvalue weighted by atomic mass is 9.90. The second-order valence-corrected chi connectivity index (χ2v) is 10.1. The van der Waals surface area contributed by atoms with Crippen LogP contribution in [0.5, 0.6) is 11.5 Å². The first-order valence-corrected chi connectivity index (χ1v) is 13.4. The van der Waals surface area contributed by atoms with E-state index in [1.165, 1.54) is 0 Å². The van der Waals surface area contributed by atoms with Crippen LogP contribution in [0.4, 0.5) is 0 Å². The summed E-state index contributed by atoms with van der Waals surface area (Å²) in [6.07, 6.45) is -0.332. The van der Waals surface area contributed by atoms with Gasteiger partial charge in [-0.25, -0.2) is 0 Å². The number of carbonyl (C=O) groups is 1. The van der Waals surface area contributed by atoms with Crippen LogP contribution in [0.2, 0.25) is 10.0 Å². The molecule has 0 aliphatic carbocycles. The van der Waals surface area contributed by atoms with Crippen molar-refractivity contribution in [3.63, 3.8) is 0 Å². The molecule has 1 amide bonds. The summed E-state index contributed by atoms with van der Waals surface area (Å²) >= 11 is 12.6. The lowest BCUT2D eigenvalue weighted by Gasteiger charge is -2.47. The van der Waals surface area contributed by atoms with Crippen LogP contribution in [0.3, 0.4) is 0 Å². The Kier molecular flexibility index (Phi) is 9.55. The van der Waals surface area contributed by atoms with E-state index in [4.69, 9.17) is 42.1 Å². The topological polar surface area (TPSA) is 57.2 Å². The van der Waals surface area contributed by atoms with Crippen LogP contribution in [0, 0.1) is 0 Å². The van der Waals surface area contributed by atoms with Crippen LogP contribution in [-0.2, 0) is 20.9 Å². The van der Waals surface area contributed by atoms with Crippen molar-refractivity contribution in [2.24, 2.45) is 0 Å². The first-order valence-electron chi connectivity index (χ1n) is 12.6. The molecule has 202 valence electrons. The number of ether oxygens (including phenoxy) is 4. The summed E-state index contributed by atoms with van der Waals surface area (Å²) in [6, 6.07) is 20.3. The van der Waals surface area contributed by atoms with Crippen LogP contribution >= 0.6 is 23.2 Å². The molecule has 3 aromatic carbocycles. The van der Waals surface area contributed by atoms with Gasteiger partial charge in [0.25, 0.3) is 5.91 Å². The fourth-order valence-corrected chi connectivity index (χ4v) is 5.20. The van der Waals surface area contributed by atoms with Gasteiger partial charge in [-0.2, -0.15) is 0 Å². The Morgan fingerprint density at radius 1 is 0.921 bits per heavy atom. The van der Waals surface area contributed by atoms with E-state index >= 15 is 0 Å². The van der Waals surface area contributed by atoms with E-state index in [2.05, 4.69) is 6.92 Å². The molecular weight excluding hydrogens is 525 g/mol. The number of benzene rings is 3. The van der Waals surface area contributed by atoms with Crippen LogP contribution in [0.25, 0.3) is 0 Å². The summed E-state index contributed by atoms with van der Waals surface area (Å²) in [7, 11) is 3.21. The molecule has 0 spiro atoms. The minimum absolute atomic E-state index is 0.0789. The van der Waals surface area contributed by atoms with E-state index in [1.807, 2.05) is 71.6 Å². The summed E-state index contributed by atoms with van der Waals surface area (Å²) in [5, 5.41) is 1.24. The molecule has 4 atom stereocenters. The van der Waals surface area contributed by atoms with E-state index in [-0.39, 0.29) is 18.0 Å². The Balaban J connectivity index is 1.63. The predicted molar refractivity (Wildman–Crippen MR) is 149 cm³/mol. The molecule has 1 aliphatic heterocycles. The Morgan fingerprint density at radius 3 is 2.32 bits per heavy atom. The van der Waals surface area contributed by atoms with Gasteiger partial charge in [0.1, 0.15) is 12.2 Å². The van der Waals surface area contributed by atoms with E-state index in [0.29, 0.717) is 41.2 Å². The molecule has 6 nitrogen and oxygen atoms in total. The molecule has 0 saturated carbocycles. The van der Waals surface area contributed by atoms with Crippen molar-refractivity contribution in [3.05, 3.63) is 93.5 Å². The van der Waals surface area contributed by atoms with Gasteiger partial charge >= 0.3 is 0 Å². The third-order valence-electron chi connectivity index (χ3n) is 6.82. The van der Waals surface area contributed by atoms with Gasteiger partial charge in [0.2, 0.25) is 0 Å². The lowest BCUT2D eigenvalue weighted by molar-refractivity contribution is -0.179. The van der Waals surface area contributed by atoms with Crippen LogP contribution in [0.1, 0.15) is 49.1 Å². The highest BCUT2D eigenvalue weighted by Gasteiger charge is 2.45. The maximum atomic E-state index is 13.7.